The van der Waals surface area contributed by atoms with Crippen LogP contribution in [0.25, 0.3) is 0 Å². The molecule has 0 aliphatic rings. The molecule has 0 fully saturated rings. The predicted molar refractivity (Wildman–Crippen MR) is 64.5 cm³/mol. The molecule has 1 aromatic carbocycles. The van der Waals surface area contributed by atoms with E-state index < -0.39 is 5.84 Å². The fraction of sp³-hybridized carbons (Fsp3) is 0.0909. The van der Waals surface area contributed by atoms with Crippen molar-refractivity contribution >= 4 is 17.2 Å². The molecule has 1 rings (SSSR count). The minimum absolute atomic E-state index is 0.202. The largest absolute Gasteiger partial charge is 0.382 e. The van der Waals surface area contributed by atoms with E-state index in [-0.39, 0.29) is 5.71 Å². The van der Waals surface area contributed by atoms with E-state index in [9.17, 15) is 0 Å². The fourth-order valence-electron chi connectivity index (χ4n) is 1.07. The van der Waals surface area contributed by atoms with Crippen LogP contribution < -0.4 is 11.2 Å². The van der Waals surface area contributed by atoms with Crippen molar-refractivity contribution < 1.29 is 0 Å². The van der Waals surface area contributed by atoms with Crippen molar-refractivity contribution in [1.29, 1.82) is 15.9 Å². The van der Waals surface area contributed by atoms with E-state index in [0.29, 0.717) is 11.3 Å². The number of anilines is 1. The number of nitrogens with two attached hydrogens (primary N) is 1. The van der Waals surface area contributed by atoms with Gasteiger partial charge in [0.15, 0.2) is 5.84 Å². The first-order valence-corrected chi connectivity index (χ1v) is 4.67. The zero-order valence-corrected chi connectivity index (χ0v) is 9.15. The number of nitriles is 2. The second kappa shape index (κ2) is 5.29. The number of amidine groups is 1. The van der Waals surface area contributed by atoms with Crippen molar-refractivity contribution in [3.63, 3.8) is 0 Å². The predicted octanol–water partition coefficient (Wildman–Crippen LogP) is 1.09. The molecule has 4 N–H and O–H groups in total. The Labute approximate surface area is 98.5 Å². The summed E-state index contributed by atoms with van der Waals surface area (Å²) in [5.74, 6) is -0.408. The van der Waals surface area contributed by atoms with Crippen molar-refractivity contribution in [2.24, 2.45) is 10.8 Å². The monoisotopic (exact) mass is 226 g/mol. The van der Waals surface area contributed by atoms with Gasteiger partial charge in [-0.15, -0.1) is 0 Å². The lowest BCUT2D eigenvalue weighted by atomic mass is 10.1. The normalized spacial score (nSPS) is 10.2. The second-order valence-electron chi connectivity index (χ2n) is 3.24. The summed E-state index contributed by atoms with van der Waals surface area (Å²) >= 11 is 0. The summed E-state index contributed by atoms with van der Waals surface area (Å²) in [6.07, 6.45) is 0. The highest BCUT2D eigenvalue weighted by Crippen LogP contribution is 2.16. The van der Waals surface area contributed by atoms with Crippen LogP contribution >= 0.6 is 0 Å². The van der Waals surface area contributed by atoms with Gasteiger partial charge >= 0.3 is 0 Å². The third-order valence-corrected chi connectivity index (χ3v) is 2.02. The lowest BCUT2D eigenvalue weighted by Crippen LogP contribution is -2.21. The van der Waals surface area contributed by atoms with Crippen LogP contribution in [-0.2, 0) is 0 Å². The smallest absolute Gasteiger partial charge is 0.201 e. The average Bonchev–Trinajstić information content (AvgIpc) is 2.31. The van der Waals surface area contributed by atoms with Gasteiger partial charge in [-0.1, -0.05) is 6.07 Å². The van der Waals surface area contributed by atoms with Crippen LogP contribution in [0.2, 0.25) is 0 Å². The van der Waals surface area contributed by atoms with Crippen molar-refractivity contribution in [1.82, 2.24) is 0 Å². The zero-order valence-electron chi connectivity index (χ0n) is 9.15. The maximum Gasteiger partial charge on any atom is 0.201 e. The lowest BCUT2D eigenvalue weighted by molar-refractivity contribution is 1.29. The van der Waals surface area contributed by atoms with Crippen molar-refractivity contribution in [2.75, 3.05) is 5.43 Å². The maximum absolute atomic E-state index is 8.74. The van der Waals surface area contributed by atoms with E-state index in [0.717, 1.165) is 5.56 Å². The van der Waals surface area contributed by atoms with Crippen LogP contribution in [-0.4, -0.2) is 11.5 Å². The van der Waals surface area contributed by atoms with E-state index in [1.807, 2.05) is 13.0 Å². The summed E-state index contributed by atoms with van der Waals surface area (Å²) in [7, 11) is 0. The van der Waals surface area contributed by atoms with Gasteiger partial charge in [-0.05, 0) is 24.6 Å². The van der Waals surface area contributed by atoms with Crippen LogP contribution in [0.1, 0.15) is 11.1 Å². The molecule has 0 aliphatic heterocycles. The molecular weight excluding hydrogens is 216 g/mol. The molecule has 17 heavy (non-hydrogen) atoms. The fourth-order valence-corrected chi connectivity index (χ4v) is 1.07. The molecule has 0 spiro atoms. The molecule has 1 aromatic rings. The van der Waals surface area contributed by atoms with Crippen LogP contribution in [0.5, 0.6) is 0 Å². The van der Waals surface area contributed by atoms with Crippen molar-refractivity contribution in [3.8, 4) is 12.1 Å². The molecule has 0 unspecified atom stereocenters. The van der Waals surface area contributed by atoms with Gasteiger partial charge < -0.3 is 5.73 Å². The van der Waals surface area contributed by atoms with Gasteiger partial charge in [-0.25, -0.2) is 0 Å². The number of hydrogen-bond donors (Lipinski definition) is 3. The maximum atomic E-state index is 8.74. The number of nitrogens with zero attached hydrogens (tertiary/aromatic N) is 3. The van der Waals surface area contributed by atoms with Crippen LogP contribution in [0.15, 0.2) is 23.3 Å². The molecule has 6 nitrogen and oxygen atoms in total. The van der Waals surface area contributed by atoms with Crippen LogP contribution in [0.4, 0.5) is 5.69 Å². The van der Waals surface area contributed by atoms with Crippen molar-refractivity contribution in [3.05, 3.63) is 29.3 Å². The Morgan fingerprint density at radius 2 is 2.18 bits per heavy atom. The Hall–Kier alpha value is -2.86. The quantitative estimate of drug-likeness (QED) is 0.405. The summed E-state index contributed by atoms with van der Waals surface area (Å²) < 4.78 is 0. The summed E-state index contributed by atoms with van der Waals surface area (Å²) in [4.78, 5) is 0. The Bertz CT molecular complexity index is 558. The third-order valence-electron chi connectivity index (χ3n) is 2.02. The van der Waals surface area contributed by atoms with Crippen LogP contribution in [0.3, 0.4) is 0 Å². The second-order valence-corrected chi connectivity index (χ2v) is 3.24. The number of hydrogen-bond acceptors (Lipinski definition) is 5. The summed E-state index contributed by atoms with van der Waals surface area (Å²) in [5, 5.41) is 28.2. The molecule has 6 heteroatoms. The van der Waals surface area contributed by atoms with E-state index in [2.05, 4.69) is 10.5 Å². The molecule has 0 heterocycles. The molecule has 0 bridgehead atoms. The molecule has 0 atom stereocenters. The zero-order chi connectivity index (χ0) is 12.8. The Kier molecular flexibility index (Phi) is 3.80. The Balaban J connectivity index is 3.01. The number of benzene rings is 1. The van der Waals surface area contributed by atoms with E-state index in [1.165, 1.54) is 0 Å². The molecule has 0 radical (unpaired) electrons. The molecule has 0 saturated carbocycles. The average molecular weight is 226 g/mol. The highest BCUT2D eigenvalue weighted by Gasteiger charge is 2.03. The van der Waals surface area contributed by atoms with E-state index >= 15 is 0 Å². The molecule has 0 aliphatic carbocycles. The number of aryl methyl sites for hydroxylation is 1. The standard InChI is InChI=1S/C11H10N6/c1-7-2-3-8(5-12)4-9(7)16-17-10(6-13)11(14)15/h2-4,16H,1H3,(H3,14,15)/b17-10+. The van der Waals surface area contributed by atoms with Crippen molar-refractivity contribution in [2.45, 2.75) is 6.92 Å². The van der Waals surface area contributed by atoms with E-state index in [4.69, 9.17) is 21.7 Å². The van der Waals surface area contributed by atoms with Crippen LogP contribution in [0, 0.1) is 35.0 Å². The molecule has 0 aromatic heterocycles. The number of nitrogens with one attached hydrogen (secondary N) is 2. The minimum Gasteiger partial charge on any atom is -0.382 e. The van der Waals surface area contributed by atoms with Gasteiger partial charge in [0.25, 0.3) is 0 Å². The highest BCUT2D eigenvalue weighted by molar-refractivity contribution is 6.45. The molecule has 0 amide bonds. The molecule has 0 saturated heterocycles. The topological polar surface area (TPSA) is 122 Å². The lowest BCUT2D eigenvalue weighted by Gasteiger charge is -2.05. The third kappa shape index (κ3) is 3.05. The summed E-state index contributed by atoms with van der Waals surface area (Å²) in [6.45, 7) is 1.83. The number of hydrazone groups is 1. The van der Waals surface area contributed by atoms with Gasteiger partial charge in [0.05, 0.1) is 17.3 Å². The molecule has 84 valence electrons. The van der Waals surface area contributed by atoms with Gasteiger partial charge in [-0.2, -0.15) is 15.6 Å². The molecular formula is C11H10N6. The minimum atomic E-state index is -0.408. The van der Waals surface area contributed by atoms with Gasteiger partial charge in [0.1, 0.15) is 6.07 Å². The highest BCUT2D eigenvalue weighted by atomic mass is 15.3. The first-order chi connectivity index (χ1) is 8.08. The van der Waals surface area contributed by atoms with Gasteiger partial charge in [0.2, 0.25) is 5.71 Å². The Morgan fingerprint density at radius 1 is 1.47 bits per heavy atom. The van der Waals surface area contributed by atoms with E-state index in [1.54, 1.807) is 24.3 Å². The van der Waals surface area contributed by atoms with Gasteiger partial charge in [0, 0.05) is 0 Å². The first kappa shape index (κ1) is 12.2. The first-order valence-electron chi connectivity index (χ1n) is 4.67. The Morgan fingerprint density at radius 3 is 2.71 bits per heavy atom. The van der Waals surface area contributed by atoms with Gasteiger partial charge in [-0.3, -0.25) is 10.8 Å². The number of rotatable bonds is 3. The summed E-state index contributed by atoms with van der Waals surface area (Å²) in [6, 6.07) is 8.74. The SMILES string of the molecule is Cc1ccc(C#N)cc1N/N=C(\C#N)C(=N)N. The summed E-state index contributed by atoms with van der Waals surface area (Å²) in [5.41, 5.74) is 9.50.